The Hall–Kier alpha value is -3.38. The van der Waals surface area contributed by atoms with Gasteiger partial charge in [-0.3, -0.25) is 14.5 Å². The highest BCUT2D eigenvalue weighted by molar-refractivity contribution is 5.99. The van der Waals surface area contributed by atoms with Crippen molar-refractivity contribution in [1.29, 1.82) is 0 Å². The molecule has 2 N–H and O–H groups in total. The zero-order valence-corrected chi connectivity index (χ0v) is 19.3. The molecule has 2 amide bonds. The van der Waals surface area contributed by atoms with Gasteiger partial charge >= 0.3 is 0 Å². The van der Waals surface area contributed by atoms with Gasteiger partial charge in [-0.05, 0) is 46.5 Å². The van der Waals surface area contributed by atoms with E-state index in [9.17, 15) is 9.59 Å². The molecule has 1 heterocycles. The molecule has 0 radical (unpaired) electrons. The third-order valence-corrected chi connectivity index (χ3v) is 5.90. The van der Waals surface area contributed by atoms with Crippen molar-refractivity contribution < 1.29 is 14.3 Å². The van der Waals surface area contributed by atoms with Gasteiger partial charge in [-0.2, -0.15) is 0 Å². The highest BCUT2D eigenvalue weighted by Crippen LogP contribution is 2.32. The highest BCUT2D eigenvalue weighted by atomic mass is 16.5. The van der Waals surface area contributed by atoms with Crippen LogP contribution in [0.2, 0.25) is 0 Å². The van der Waals surface area contributed by atoms with Crippen LogP contribution in [0.15, 0.2) is 60.7 Å². The fourth-order valence-corrected chi connectivity index (χ4v) is 4.15. The molecular weight excluding hydrogens is 414 g/mol. The van der Waals surface area contributed by atoms with Crippen LogP contribution in [0.25, 0.3) is 21.9 Å². The predicted octanol–water partition coefficient (Wildman–Crippen LogP) is 3.78. The first-order valence-electron chi connectivity index (χ1n) is 11.5. The second-order valence-corrected chi connectivity index (χ2v) is 9.01. The van der Waals surface area contributed by atoms with E-state index in [4.69, 9.17) is 10.5 Å². The Kier molecular flexibility index (Phi) is 6.94. The number of hydrogen-bond donors (Lipinski definition) is 1. The average Bonchev–Trinajstić information content (AvgIpc) is 2.82. The van der Waals surface area contributed by atoms with Gasteiger partial charge in [0.05, 0.1) is 13.2 Å². The van der Waals surface area contributed by atoms with Crippen molar-refractivity contribution in [3.8, 4) is 16.9 Å². The summed E-state index contributed by atoms with van der Waals surface area (Å²) >= 11 is 0. The molecule has 3 aromatic carbocycles. The number of rotatable bonds is 7. The van der Waals surface area contributed by atoms with Crippen LogP contribution in [0.5, 0.6) is 5.75 Å². The van der Waals surface area contributed by atoms with Crippen molar-refractivity contribution >= 4 is 22.6 Å². The summed E-state index contributed by atoms with van der Waals surface area (Å²) in [5.74, 6) is 1.02. The first-order valence-corrected chi connectivity index (χ1v) is 11.5. The summed E-state index contributed by atoms with van der Waals surface area (Å²) in [7, 11) is 0. The number of benzene rings is 3. The van der Waals surface area contributed by atoms with Crippen LogP contribution < -0.4 is 10.5 Å². The number of carbonyl (C=O) groups is 2. The molecule has 0 atom stereocenters. The van der Waals surface area contributed by atoms with Gasteiger partial charge in [-0.1, -0.05) is 50.2 Å². The van der Waals surface area contributed by atoms with Gasteiger partial charge in [-0.25, -0.2) is 0 Å². The average molecular weight is 446 g/mol. The minimum Gasteiger partial charge on any atom is -0.493 e. The van der Waals surface area contributed by atoms with Gasteiger partial charge in [0, 0.05) is 37.3 Å². The van der Waals surface area contributed by atoms with Crippen molar-refractivity contribution in [2.24, 2.45) is 11.7 Å². The molecule has 33 heavy (non-hydrogen) atoms. The third kappa shape index (κ3) is 5.52. The zero-order chi connectivity index (χ0) is 23.4. The maximum absolute atomic E-state index is 13.0. The molecule has 6 heteroatoms. The summed E-state index contributed by atoms with van der Waals surface area (Å²) in [6.07, 6.45) is 0. The molecule has 3 aromatic rings. The van der Waals surface area contributed by atoms with E-state index in [1.54, 1.807) is 0 Å². The normalized spacial score (nSPS) is 14.6. The summed E-state index contributed by atoms with van der Waals surface area (Å²) in [6.45, 7) is 7.69. The number of nitrogens with two attached hydrogens (primary N) is 1. The van der Waals surface area contributed by atoms with Crippen molar-refractivity contribution in [3.63, 3.8) is 0 Å². The lowest BCUT2D eigenvalue weighted by Crippen LogP contribution is -2.50. The van der Waals surface area contributed by atoms with Gasteiger partial charge in [0.1, 0.15) is 5.75 Å². The van der Waals surface area contributed by atoms with Gasteiger partial charge < -0.3 is 15.4 Å². The number of fused-ring (bicyclic) bond motifs is 1. The van der Waals surface area contributed by atoms with Gasteiger partial charge in [-0.15, -0.1) is 0 Å². The molecule has 1 saturated heterocycles. The van der Waals surface area contributed by atoms with Crippen LogP contribution in [-0.4, -0.2) is 60.9 Å². The van der Waals surface area contributed by atoms with Crippen LogP contribution in [0.4, 0.5) is 0 Å². The standard InChI is InChI=1S/C27H31N3O3/c1-19(2)18-33-25-6-4-3-5-24(25)22-9-7-21-16-23(10-8-20(21)15-22)27(32)30-13-11-29(12-14-30)17-26(28)31/h3-10,15-16,19H,11-14,17-18H2,1-2H3,(H2,28,31). The van der Waals surface area contributed by atoms with E-state index in [-0.39, 0.29) is 18.4 Å². The van der Waals surface area contributed by atoms with E-state index < -0.39 is 0 Å². The molecule has 1 aliphatic heterocycles. The first-order chi connectivity index (χ1) is 15.9. The van der Waals surface area contributed by atoms with Crippen molar-refractivity contribution in [2.75, 3.05) is 39.3 Å². The van der Waals surface area contributed by atoms with Crippen LogP contribution in [0.1, 0.15) is 24.2 Å². The van der Waals surface area contributed by atoms with Crippen molar-refractivity contribution in [1.82, 2.24) is 9.80 Å². The Labute approximate surface area is 194 Å². The zero-order valence-electron chi connectivity index (χ0n) is 19.3. The largest absolute Gasteiger partial charge is 0.493 e. The van der Waals surface area contributed by atoms with E-state index in [1.807, 2.05) is 46.2 Å². The monoisotopic (exact) mass is 445 g/mol. The molecule has 6 nitrogen and oxygen atoms in total. The summed E-state index contributed by atoms with van der Waals surface area (Å²) in [4.78, 5) is 28.0. The Bertz CT molecular complexity index is 1150. The van der Waals surface area contributed by atoms with E-state index in [2.05, 4.69) is 38.1 Å². The second-order valence-electron chi connectivity index (χ2n) is 9.01. The Morgan fingerprint density at radius 1 is 0.939 bits per heavy atom. The predicted molar refractivity (Wildman–Crippen MR) is 131 cm³/mol. The molecule has 0 bridgehead atoms. The first kappa shape index (κ1) is 22.8. The number of carbonyl (C=O) groups excluding carboxylic acids is 2. The fourth-order valence-electron chi connectivity index (χ4n) is 4.15. The third-order valence-electron chi connectivity index (χ3n) is 5.90. The Balaban J connectivity index is 1.51. The van der Waals surface area contributed by atoms with Crippen LogP contribution >= 0.6 is 0 Å². The smallest absolute Gasteiger partial charge is 0.253 e. The van der Waals surface area contributed by atoms with E-state index in [1.165, 1.54) is 0 Å². The number of nitrogens with zero attached hydrogens (tertiary/aromatic N) is 2. The minimum atomic E-state index is -0.335. The fraction of sp³-hybridized carbons (Fsp3) is 0.333. The lowest BCUT2D eigenvalue weighted by Gasteiger charge is -2.34. The van der Waals surface area contributed by atoms with E-state index in [0.717, 1.165) is 27.6 Å². The molecule has 1 aliphatic rings. The Morgan fingerprint density at radius 2 is 1.64 bits per heavy atom. The SMILES string of the molecule is CC(C)COc1ccccc1-c1ccc2cc(C(=O)N3CCN(CC(N)=O)CC3)ccc2c1. The number of ether oxygens (including phenoxy) is 1. The number of piperazine rings is 1. The highest BCUT2D eigenvalue weighted by Gasteiger charge is 2.23. The molecule has 1 fully saturated rings. The second kappa shape index (κ2) is 10.0. The molecule has 0 aromatic heterocycles. The van der Waals surface area contributed by atoms with Crippen LogP contribution in [0, 0.1) is 5.92 Å². The van der Waals surface area contributed by atoms with Crippen molar-refractivity contribution in [2.45, 2.75) is 13.8 Å². The van der Waals surface area contributed by atoms with Crippen molar-refractivity contribution in [3.05, 3.63) is 66.2 Å². The van der Waals surface area contributed by atoms with E-state index in [0.29, 0.717) is 44.3 Å². The lowest BCUT2D eigenvalue weighted by atomic mass is 9.99. The lowest BCUT2D eigenvalue weighted by molar-refractivity contribution is -0.119. The molecular formula is C27H31N3O3. The van der Waals surface area contributed by atoms with Gasteiger partial charge in [0.2, 0.25) is 5.91 Å². The molecule has 0 spiro atoms. The molecule has 0 unspecified atom stereocenters. The topological polar surface area (TPSA) is 75.9 Å². The number of hydrogen-bond acceptors (Lipinski definition) is 4. The maximum atomic E-state index is 13.0. The number of amides is 2. The summed E-state index contributed by atoms with van der Waals surface area (Å²) < 4.78 is 6.03. The quantitative estimate of drug-likeness (QED) is 0.600. The number of para-hydroxylation sites is 1. The molecule has 172 valence electrons. The summed E-state index contributed by atoms with van der Waals surface area (Å²) in [5.41, 5.74) is 8.11. The minimum absolute atomic E-state index is 0.0205. The molecule has 0 saturated carbocycles. The van der Waals surface area contributed by atoms with Crippen LogP contribution in [-0.2, 0) is 4.79 Å². The van der Waals surface area contributed by atoms with Gasteiger partial charge in [0.25, 0.3) is 5.91 Å². The number of primary amides is 1. The maximum Gasteiger partial charge on any atom is 0.253 e. The van der Waals surface area contributed by atoms with Crippen LogP contribution in [0.3, 0.4) is 0 Å². The molecule has 4 rings (SSSR count). The summed E-state index contributed by atoms with van der Waals surface area (Å²) in [5, 5.41) is 2.10. The Morgan fingerprint density at radius 3 is 2.36 bits per heavy atom. The van der Waals surface area contributed by atoms with Gasteiger partial charge in [0.15, 0.2) is 0 Å². The molecule has 0 aliphatic carbocycles. The summed E-state index contributed by atoms with van der Waals surface area (Å²) in [6, 6.07) is 20.2. The van der Waals surface area contributed by atoms with E-state index >= 15 is 0 Å².